The van der Waals surface area contributed by atoms with Gasteiger partial charge in [0.15, 0.2) is 0 Å². The van der Waals surface area contributed by atoms with Gasteiger partial charge in [-0.2, -0.15) is 5.26 Å². The van der Waals surface area contributed by atoms with Crippen LogP contribution < -0.4 is 10.4 Å². The first kappa shape index (κ1) is 26.4. The van der Waals surface area contributed by atoms with E-state index >= 15 is 0 Å². The van der Waals surface area contributed by atoms with Crippen molar-refractivity contribution in [3.8, 4) is 61.7 Å². The SMILES string of the molecule is N#Cc1ccc(-c2cc3c4c(c2)=CCCC=4c2c(-c4ccccc4)c(-c4ccccc4)cc(-c4ccccc4)c2-3)c2ccccc12. The van der Waals surface area contributed by atoms with Crippen molar-refractivity contribution in [2.24, 2.45) is 0 Å². The van der Waals surface area contributed by atoms with Crippen LogP contribution in [0.5, 0.6) is 0 Å². The van der Waals surface area contributed by atoms with E-state index in [1.807, 2.05) is 12.1 Å². The second-order valence-corrected chi connectivity index (χ2v) is 12.2. The van der Waals surface area contributed by atoms with Crippen LogP contribution in [0.25, 0.3) is 78.1 Å². The third kappa shape index (κ3) is 4.01. The molecule has 0 saturated heterocycles. The van der Waals surface area contributed by atoms with E-state index in [1.165, 1.54) is 71.6 Å². The van der Waals surface area contributed by atoms with Crippen molar-refractivity contribution in [3.63, 3.8) is 0 Å². The molecule has 7 aromatic carbocycles. The molecular weight excluding hydrogens is 555 g/mol. The molecule has 0 spiro atoms. The summed E-state index contributed by atoms with van der Waals surface area (Å²) in [6, 6.07) is 54.7. The molecule has 0 bridgehead atoms. The highest BCUT2D eigenvalue weighted by atomic mass is 14.3. The van der Waals surface area contributed by atoms with E-state index in [-0.39, 0.29) is 0 Å². The molecule has 0 aliphatic heterocycles. The Kier molecular flexibility index (Phi) is 6.08. The molecule has 0 N–H and O–H groups in total. The van der Waals surface area contributed by atoms with Crippen molar-refractivity contribution in [1.82, 2.24) is 0 Å². The minimum absolute atomic E-state index is 0.710. The van der Waals surface area contributed by atoms with E-state index in [0.29, 0.717) is 5.56 Å². The molecule has 0 fully saturated rings. The standard InChI is InChI=1S/C45H29N/c46-28-33-23-24-36(37-21-11-10-20-35(33)37)34-25-32-19-12-22-38-42(32)41(26-34)44-40(30-15-6-2-7-16-30)27-39(29-13-4-1-5-14-29)43(45(38)44)31-17-8-3-9-18-31/h1-11,13-21,23-27H,12,22H2. The van der Waals surface area contributed by atoms with Gasteiger partial charge in [-0.25, -0.2) is 0 Å². The minimum atomic E-state index is 0.710. The van der Waals surface area contributed by atoms with Gasteiger partial charge in [0.25, 0.3) is 0 Å². The number of nitriles is 1. The second-order valence-electron chi connectivity index (χ2n) is 12.2. The van der Waals surface area contributed by atoms with Gasteiger partial charge in [0.05, 0.1) is 11.6 Å². The summed E-state index contributed by atoms with van der Waals surface area (Å²) in [5, 5.41) is 14.6. The van der Waals surface area contributed by atoms with Crippen molar-refractivity contribution in [2.75, 3.05) is 0 Å². The summed E-state index contributed by atoms with van der Waals surface area (Å²) >= 11 is 0. The van der Waals surface area contributed by atoms with Crippen LogP contribution in [-0.4, -0.2) is 0 Å². The van der Waals surface area contributed by atoms with Crippen molar-refractivity contribution in [1.29, 1.82) is 5.26 Å². The Balaban J connectivity index is 1.43. The zero-order valence-corrected chi connectivity index (χ0v) is 25.3. The average molecular weight is 584 g/mol. The third-order valence-electron chi connectivity index (χ3n) is 9.72. The maximum atomic E-state index is 9.86. The number of rotatable bonds is 4. The lowest BCUT2D eigenvalue weighted by atomic mass is 9.81. The average Bonchev–Trinajstić information content (AvgIpc) is 3.46. The Hall–Kier alpha value is -5.97. The Morgan fingerprint density at radius 3 is 1.74 bits per heavy atom. The van der Waals surface area contributed by atoms with Crippen LogP contribution >= 0.6 is 0 Å². The predicted molar refractivity (Wildman–Crippen MR) is 191 cm³/mol. The monoisotopic (exact) mass is 583 g/mol. The van der Waals surface area contributed by atoms with Crippen LogP contribution in [0.1, 0.15) is 24.0 Å². The molecule has 0 amide bonds. The first-order chi connectivity index (χ1) is 22.8. The van der Waals surface area contributed by atoms with Crippen LogP contribution in [0.4, 0.5) is 0 Å². The first-order valence-electron chi connectivity index (χ1n) is 16.0. The third-order valence-corrected chi connectivity index (χ3v) is 9.72. The van der Waals surface area contributed by atoms with Gasteiger partial charge in [-0.15, -0.1) is 0 Å². The lowest BCUT2D eigenvalue weighted by Gasteiger charge is -2.22. The van der Waals surface area contributed by atoms with Crippen molar-refractivity contribution in [2.45, 2.75) is 12.8 Å². The summed E-state index contributed by atoms with van der Waals surface area (Å²) in [7, 11) is 0. The maximum absolute atomic E-state index is 9.86. The van der Waals surface area contributed by atoms with Crippen LogP contribution in [0.15, 0.2) is 146 Å². The molecule has 2 aliphatic rings. The highest BCUT2D eigenvalue weighted by Crippen LogP contribution is 2.51. The topological polar surface area (TPSA) is 23.8 Å². The first-order valence-corrected chi connectivity index (χ1v) is 16.0. The zero-order valence-electron chi connectivity index (χ0n) is 25.3. The normalized spacial score (nSPS) is 12.7. The van der Waals surface area contributed by atoms with E-state index in [0.717, 1.165) is 29.2 Å². The zero-order chi connectivity index (χ0) is 30.6. The predicted octanol–water partition coefficient (Wildman–Crippen LogP) is 10.1. The number of hydrogen-bond donors (Lipinski definition) is 0. The second kappa shape index (κ2) is 10.6. The molecular formula is C45H29N. The van der Waals surface area contributed by atoms with Crippen LogP contribution in [-0.2, 0) is 0 Å². The van der Waals surface area contributed by atoms with E-state index < -0.39 is 0 Å². The molecule has 1 nitrogen and oxygen atoms in total. The smallest absolute Gasteiger partial charge is 0.0998 e. The molecule has 7 aromatic rings. The Bertz CT molecular complexity index is 2500. The molecule has 1 heteroatoms. The molecule has 214 valence electrons. The lowest BCUT2D eigenvalue weighted by molar-refractivity contribution is 1.09. The lowest BCUT2D eigenvalue weighted by Crippen LogP contribution is -2.29. The molecule has 9 rings (SSSR count). The maximum Gasteiger partial charge on any atom is 0.0998 e. The van der Waals surface area contributed by atoms with Crippen LogP contribution in [0, 0.1) is 11.3 Å². The van der Waals surface area contributed by atoms with Crippen LogP contribution in [0.3, 0.4) is 0 Å². The van der Waals surface area contributed by atoms with E-state index in [4.69, 9.17) is 0 Å². The Morgan fingerprint density at radius 2 is 1.07 bits per heavy atom. The van der Waals surface area contributed by atoms with Crippen LogP contribution in [0.2, 0.25) is 0 Å². The van der Waals surface area contributed by atoms with Crippen molar-refractivity contribution in [3.05, 3.63) is 167 Å². The summed E-state index contributed by atoms with van der Waals surface area (Å²) in [6.07, 6.45) is 4.44. The van der Waals surface area contributed by atoms with Crippen molar-refractivity contribution < 1.29 is 0 Å². The molecule has 46 heavy (non-hydrogen) atoms. The van der Waals surface area contributed by atoms with Crippen molar-refractivity contribution >= 4 is 22.4 Å². The Morgan fingerprint density at radius 1 is 0.457 bits per heavy atom. The van der Waals surface area contributed by atoms with Gasteiger partial charge in [0, 0.05) is 5.39 Å². The number of fused-ring (bicyclic) bond motifs is 4. The fraction of sp³-hybridized carbons (Fsp3) is 0.0444. The summed E-state index contributed by atoms with van der Waals surface area (Å²) in [5.41, 5.74) is 16.0. The number of benzene rings is 7. The highest BCUT2D eigenvalue weighted by molar-refractivity contribution is 6.09. The summed E-state index contributed by atoms with van der Waals surface area (Å²) in [4.78, 5) is 0. The molecule has 0 saturated carbocycles. The fourth-order valence-electron chi connectivity index (χ4n) is 7.77. The van der Waals surface area contributed by atoms with Gasteiger partial charge in [0.1, 0.15) is 0 Å². The summed E-state index contributed by atoms with van der Waals surface area (Å²) in [6.45, 7) is 0. The van der Waals surface area contributed by atoms with Gasteiger partial charge in [-0.05, 0) is 120 Å². The molecule has 0 heterocycles. The quantitative estimate of drug-likeness (QED) is 0.202. The fourth-order valence-corrected chi connectivity index (χ4v) is 7.77. The van der Waals surface area contributed by atoms with Gasteiger partial charge >= 0.3 is 0 Å². The molecule has 2 aliphatic carbocycles. The Labute approximate surface area is 268 Å². The molecule has 0 atom stereocenters. The summed E-state index contributed by atoms with van der Waals surface area (Å²) < 4.78 is 0. The minimum Gasteiger partial charge on any atom is -0.192 e. The molecule has 0 aromatic heterocycles. The van der Waals surface area contributed by atoms with Gasteiger partial charge in [-0.3, -0.25) is 0 Å². The highest BCUT2D eigenvalue weighted by Gasteiger charge is 2.31. The summed E-state index contributed by atoms with van der Waals surface area (Å²) in [5.74, 6) is 0. The van der Waals surface area contributed by atoms with Gasteiger partial charge in [0.2, 0.25) is 0 Å². The number of nitrogens with zero attached hydrogens (tertiary/aromatic N) is 1. The van der Waals surface area contributed by atoms with Gasteiger partial charge < -0.3 is 0 Å². The molecule has 0 unspecified atom stereocenters. The largest absolute Gasteiger partial charge is 0.192 e. The molecule has 0 radical (unpaired) electrons. The number of hydrogen-bond acceptors (Lipinski definition) is 1. The van der Waals surface area contributed by atoms with Gasteiger partial charge in [-0.1, -0.05) is 127 Å². The van der Waals surface area contributed by atoms with E-state index in [1.54, 1.807) is 0 Å². The van der Waals surface area contributed by atoms with E-state index in [9.17, 15) is 5.26 Å². The van der Waals surface area contributed by atoms with E-state index in [2.05, 4.69) is 146 Å².